The van der Waals surface area contributed by atoms with Crippen LogP contribution in [0.5, 0.6) is 5.75 Å². The minimum atomic E-state index is -0.699. The van der Waals surface area contributed by atoms with E-state index in [4.69, 9.17) is 19.2 Å². The van der Waals surface area contributed by atoms with Crippen molar-refractivity contribution < 1.29 is 23.8 Å². The zero-order valence-electron chi connectivity index (χ0n) is 21.9. The number of allylic oxidation sites excluding steroid dienone is 1. The van der Waals surface area contributed by atoms with Crippen LogP contribution in [0.15, 0.2) is 42.4 Å². The molecule has 1 unspecified atom stereocenters. The molecular weight excluding hydrogens is 446 g/mol. The first kappa shape index (κ1) is 28.0. The van der Waals surface area contributed by atoms with Gasteiger partial charge in [0.25, 0.3) is 0 Å². The van der Waals surface area contributed by atoms with Crippen LogP contribution in [0.25, 0.3) is 5.76 Å². The number of nitrogens with one attached hydrogen (secondary N) is 1. The van der Waals surface area contributed by atoms with Gasteiger partial charge in [-0.25, -0.2) is 9.79 Å². The molecular formula is C27H39N3O5. The molecule has 1 aromatic carbocycles. The highest BCUT2D eigenvalue weighted by atomic mass is 16.6. The van der Waals surface area contributed by atoms with Crippen molar-refractivity contribution in [2.24, 2.45) is 4.99 Å². The molecule has 0 radical (unpaired) electrons. The van der Waals surface area contributed by atoms with Gasteiger partial charge in [0.15, 0.2) is 0 Å². The molecule has 2 amide bonds. The number of methoxy groups -OCH3 is 1. The van der Waals surface area contributed by atoms with Crippen LogP contribution in [0.1, 0.15) is 71.4 Å². The second-order valence-corrected chi connectivity index (χ2v) is 9.51. The van der Waals surface area contributed by atoms with Crippen molar-refractivity contribution >= 4 is 23.7 Å². The molecule has 1 aromatic rings. The lowest BCUT2D eigenvalue weighted by atomic mass is 9.86. The molecule has 8 nitrogen and oxygen atoms in total. The molecule has 0 fully saturated rings. The molecule has 0 spiro atoms. The lowest BCUT2D eigenvalue weighted by molar-refractivity contribution is -0.130. The summed E-state index contributed by atoms with van der Waals surface area (Å²) in [6, 6.07) is 5.55. The van der Waals surface area contributed by atoms with Crippen LogP contribution in [0, 0.1) is 0 Å². The molecule has 0 bridgehead atoms. The molecule has 1 atom stereocenters. The molecule has 8 heteroatoms. The van der Waals surface area contributed by atoms with E-state index < -0.39 is 17.2 Å². The van der Waals surface area contributed by atoms with Gasteiger partial charge in [0.2, 0.25) is 11.9 Å². The van der Waals surface area contributed by atoms with Gasteiger partial charge in [-0.1, -0.05) is 19.6 Å². The van der Waals surface area contributed by atoms with Crippen molar-refractivity contribution in [2.45, 2.75) is 78.0 Å². The Labute approximate surface area is 209 Å². The number of carbonyl (C=O) groups excluding carboxylic acids is 2. The fourth-order valence-electron chi connectivity index (χ4n) is 3.83. The molecule has 192 valence electrons. The lowest BCUT2D eigenvalue weighted by Gasteiger charge is -2.38. The minimum Gasteiger partial charge on any atom is -0.497 e. The maximum absolute atomic E-state index is 13.5. The number of hydrogen-bond acceptors (Lipinski definition) is 6. The van der Waals surface area contributed by atoms with Gasteiger partial charge < -0.3 is 14.2 Å². The van der Waals surface area contributed by atoms with Crippen molar-refractivity contribution in [3.05, 3.63) is 48.6 Å². The average Bonchev–Trinajstić information content (AvgIpc) is 2.79. The van der Waals surface area contributed by atoms with Gasteiger partial charge in [-0.3, -0.25) is 15.0 Å². The smallest absolute Gasteiger partial charge is 0.414 e. The zero-order chi connectivity index (χ0) is 26.2. The van der Waals surface area contributed by atoms with Crippen molar-refractivity contribution in [1.29, 1.82) is 0 Å². The number of guanidine groups is 1. The maximum Gasteiger partial charge on any atom is 0.414 e. The van der Waals surface area contributed by atoms with E-state index in [-0.39, 0.29) is 24.8 Å². The van der Waals surface area contributed by atoms with E-state index in [2.05, 4.69) is 18.5 Å². The van der Waals surface area contributed by atoms with Crippen molar-refractivity contribution in [1.82, 2.24) is 10.2 Å². The van der Waals surface area contributed by atoms with Crippen LogP contribution in [-0.2, 0) is 20.8 Å². The third-order valence-electron chi connectivity index (χ3n) is 5.72. The normalized spacial score (nSPS) is 17.9. The highest BCUT2D eigenvalue weighted by molar-refractivity contribution is 6.05. The van der Waals surface area contributed by atoms with E-state index in [0.717, 1.165) is 11.1 Å². The van der Waals surface area contributed by atoms with Crippen molar-refractivity contribution in [2.75, 3.05) is 13.7 Å². The molecule has 0 aliphatic carbocycles. The van der Waals surface area contributed by atoms with E-state index in [9.17, 15) is 9.59 Å². The van der Waals surface area contributed by atoms with E-state index >= 15 is 0 Å². The van der Waals surface area contributed by atoms with Gasteiger partial charge in [-0.2, -0.15) is 0 Å². The predicted molar refractivity (Wildman–Crippen MR) is 138 cm³/mol. The number of amides is 2. The Hall–Kier alpha value is -3.29. The second kappa shape index (κ2) is 11.9. The number of ether oxygens (including phenoxy) is 3. The molecule has 0 saturated heterocycles. The number of rotatable bonds is 10. The topological polar surface area (TPSA) is 89.5 Å². The summed E-state index contributed by atoms with van der Waals surface area (Å²) in [6.45, 7) is 17.6. The molecule has 1 aliphatic heterocycles. The fourth-order valence-corrected chi connectivity index (χ4v) is 3.83. The number of benzene rings is 1. The van der Waals surface area contributed by atoms with Gasteiger partial charge in [0.05, 0.1) is 32.2 Å². The number of carbonyl (C=O) groups is 2. The first-order valence-electron chi connectivity index (χ1n) is 12.0. The number of nitrogens with zero attached hydrogens (tertiary/aromatic N) is 2. The van der Waals surface area contributed by atoms with Crippen LogP contribution >= 0.6 is 0 Å². The molecule has 2 rings (SSSR count). The fraction of sp³-hybridized carbons (Fsp3) is 0.519. The SMILES string of the molecule is C=CCCC1(CC)CC(=O)N(Cc2cc(C(=C)OC)ccc2OCC)C(NC(=O)OC(C)(C)C)=N1. The number of hydrogen-bond donors (Lipinski definition) is 1. The van der Waals surface area contributed by atoms with Crippen LogP contribution in [0.2, 0.25) is 0 Å². The first-order chi connectivity index (χ1) is 16.5. The average molecular weight is 486 g/mol. The van der Waals surface area contributed by atoms with E-state index in [1.54, 1.807) is 27.9 Å². The minimum absolute atomic E-state index is 0.143. The largest absolute Gasteiger partial charge is 0.497 e. The third-order valence-corrected chi connectivity index (χ3v) is 5.72. The Morgan fingerprint density at radius 3 is 2.60 bits per heavy atom. The summed E-state index contributed by atoms with van der Waals surface area (Å²) >= 11 is 0. The van der Waals surface area contributed by atoms with Crippen LogP contribution in [0.4, 0.5) is 4.79 Å². The second-order valence-electron chi connectivity index (χ2n) is 9.51. The quantitative estimate of drug-likeness (QED) is 0.353. The Balaban J connectivity index is 2.51. The lowest BCUT2D eigenvalue weighted by Crippen LogP contribution is -2.54. The highest BCUT2D eigenvalue weighted by Crippen LogP contribution is 2.33. The summed E-state index contributed by atoms with van der Waals surface area (Å²) in [7, 11) is 1.55. The summed E-state index contributed by atoms with van der Waals surface area (Å²) in [6.07, 6.45) is 3.38. The first-order valence-corrected chi connectivity index (χ1v) is 12.0. The summed E-state index contributed by atoms with van der Waals surface area (Å²) in [5.41, 5.74) is 0.184. The van der Waals surface area contributed by atoms with Crippen LogP contribution in [-0.4, -0.2) is 47.7 Å². The summed E-state index contributed by atoms with van der Waals surface area (Å²) in [4.78, 5) is 32.5. The Bertz CT molecular complexity index is 980. The third kappa shape index (κ3) is 7.60. The van der Waals surface area contributed by atoms with E-state index in [1.807, 2.05) is 38.1 Å². The Morgan fingerprint density at radius 2 is 2.03 bits per heavy atom. The number of aliphatic imine (C=N–C) groups is 1. The van der Waals surface area contributed by atoms with Gasteiger partial charge in [0, 0.05) is 11.1 Å². The molecule has 1 N–H and O–H groups in total. The molecule has 0 saturated carbocycles. The highest BCUT2D eigenvalue weighted by Gasteiger charge is 2.40. The molecule has 0 aromatic heterocycles. The van der Waals surface area contributed by atoms with Gasteiger partial charge in [-0.05, 0) is 65.2 Å². The molecule has 1 aliphatic rings. The van der Waals surface area contributed by atoms with Crippen LogP contribution < -0.4 is 10.1 Å². The predicted octanol–water partition coefficient (Wildman–Crippen LogP) is 5.43. The molecule has 1 heterocycles. The maximum atomic E-state index is 13.5. The number of alkyl carbamates (subject to hydrolysis) is 1. The summed E-state index contributed by atoms with van der Waals surface area (Å²) < 4.78 is 16.5. The molecule has 35 heavy (non-hydrogen) atoms. The van der Waals surface area contributed by atoms with Crippen molar-refractivity contribution in [3.63, 3.8) is 0 Å². The van der Waals surface area contributed by atoms with E-state index in [0.29, 0.717) is 37.4 Å². The van der Waals surface area contributed by atoms with Crippen LogP contribution in [0.3, 0.4) is 0 Å². The standard InChI is InChI=1S/C27H39N3O5/c1-9-12-15-27(10-2)17-23(31)30(24(29-27)28-25(32)35-26(5,6)7)18-21-16-20(19(4)33-8)13-14-22(21)34-11-3/h9,13-14,16H,1,4,10-12,15,17-18H2,2-3,5-8H3,(H,28,29,32). The van der Waals surface area contributed by atoms with Crippen molar-refractivity contribution in [3.8, 4) is 5.75 Å². The monoisotopic (exact) mass is 485 g/mol. The van der Waals surface area contributed by atoms with E-state index in [1.165, 1.54) is 4.90 Å². The summed E-state index contributed by atoms with van der Waals surface area (Å²) in [5.74, 6) is 1.15. The zero-order valence-corrected chi connectivity index (χ0v) is 21.9. The van der Waals surface area contributed by atoms with Gasteiger partial charge in [0.1, 0.15) is 17.1 Å². The summed E-state index contributed by atoms with van der Waals surface area (Å²) in [5, 5.41) is 2.73. The Morgan fingerprint density at radius 1 is 1.31 bits per heavy atom. The van der Waals surface area contributed by atoms with Gasteiger partial charge in [-0.15, -0.1) is 6.58 Å². The Kier molecular flexibility index (Phi) is 9.51. The van der Waals surface area contributed by atoms with Gasteiger partial charge >= 0.3 is 6.09 Å².